The summed E-state index contributed by atoms with van der Waals surface area (Å²) >= 11 is 7.16. The van der Waals surface area contributed by atoms with Crippen molar-refractivity contribution in [3.8, 4) is 39.8 Å². The van der Waals surface area contributed by atoms with E-state index in [1.165, 1.54) is 7.11 Å². The van der Waals surface area contributed by atoms with Crippen molar-refractivity contribution in [3.63, 3.8) is 0 Å². The Kier molecular flexibility index (Phi) is 10.9. The molecular formula is C42H43ClF3N3O6. The summed E-state index contributed by atoms with van der Waals surface area (Å²) in [5, 5.41) is 13.5. The van der Waals surface area contributed by atoms with Crippen molar-refractivity contribution in [1.29, 1.82) is 0 Å². The number of nitrogens with zero attached hydrogens (tertiary/aromatic N) is 2. The first-order valence-electron chi connectivity index (χ1n) is 18.4. The third kappa shape index (κ3) is 7.90. The number of alkyl halides is 3. The van der Waals surface area contributed by atoms with Gasteiger partial charge in [-0.3, -0.25) is 14.5 Å². The molecule has 4 aromatic rings. The highest BCUT2D eigenvalue weighted by atomic mass is 35.5. The van der Waals surface area contributed by atoms with Crippen LogP contribution in [0, 0.1) is 11.3 Å². The highest BCUT2D eigenvalue weighted by Crippen LogP contribution is 2.46. The summed E-state index contributed by atoms with van der Waals surface area (Å²) in [4.78, 5) is 29.2. The number of Topliss-reactive ketones (excluding diaryl/α,β-unsaturated/α-hetero) is 1. The minimum Gasteiger partial charge on any atom is -0.496 e. The predicted molar refractivity (Wildman–Crippen MR) is 201 cm³/mol. The first-order valence-corrected chi connectivity index (χ1v) is 18.7. The van der Waals surface area contributed by atoms with Crippen LogP contribution in [0.4, 0.5) is 13.2 Å². The van der Waals surface area contributed by atoms with Crippen LogP contribution in [0.2, 0.25) is 5.02 Å². The molecule has 55 heavy (non-hydrogen) atoms. The molecule has 290 valence electrons. The number of pyridine rings is 1. The van der Waals surface area contributed by atoms with Gasteiger partial charge in [0.25, 0.3) is 0 Å². The summed E-state index contributed by atoms with van der Waals surface area (Å²) in [6.45, 7) is 3.43. The van der Waals surface area contributed by atoms with Crippen LogP contribution in [0.15, 0.2) is 60.7 Å². The number of fused-ring (bicyclic) bond motifs is 1. The molecule has 2 aliphatic carbocycles. The number of ether oxygens (including phenoxy) is 3. The Morgan fingerprint density at radius 2 is 1.73 bits per heavy atom. The van der Waals surface area contributed by atoms with Crippen LogP contribution in [0.5, 0.6) is 17.5 Å². The van der Waals surface area contributed by atoms with E-state index >= 15 is 0 Å². The van der Waals surface area contributed by atoms with Crippen molar-refractivity contribution in [1.82, 2.24) is 15.2 Å². The molecule has 2 heterocycles. The van der Waals surface area contributed by atoms with Gasteiger partial charge in [0.2, 0.25) is 11.8 Å². The zero-order valence-corrected chi connectivity index (χ0v) is 31.6. The van der Waals surface area contributed by atoms with Crippen molar-refractivity contribution in [2.24, 2.45) is 11.3 Å². The Bertz CT molecular complexity index is 2120. The highest BCUT2D eigenvalue weighted by molar-refractivity contribution is 6.36. The maximum atomic E-state index is 14.5. The number of benzene rings is 3. The number of hydrogen-bond donors (Lipinski definition) is 2. The van der Waals surface area contributed by atoms with Gasteiger partial charge in [-0.05, 0) is 73.0 Å². The molecule has 2 fully saturated rings. The lowest BCUT2D eigenvalue weighted by molar-refractivity contribution is -0.159. The van der Waals surface area contributed by atoms with Gasteiger partial charge in [-0.15, -0.1) is 0 Å². The SMILES string of the molecule is COc1cc(-c2cccc(-c3cccc4c3CC[C@@H]4Oc3nc(OC)c(CN4CC(C)(C(=O)O)C4)cc3C(F)(F)F)c2Cl)ccc1CNC[C@@H]1CCC(=O)C1. The molecule has 0 bridgehead atoms. The second kappa shape index (κ2) is 15.5. The van der Waals surface area contributed by atoms with E-state index < -0.39 is 35.1 Å². The van der Waals surface area contributed by atoms with E-state index in [0.717, 1.165) is 58.0 Å². The summed E-state index contributed by atoms with van der Waals surface area (Å²) in [6.07, 6.45) is -2.27. The number of carboxylic acids is 1. The molecule has 2 atom stereocenters. The van der Waals surface area contributed by atoms with Crippen molar-refractivity contribution in [3.05, 3.63) is 93.5 Å². The van der Waals surface area contributed by atoms with E-state index in [1.807, 2.05) is 54.6 Å². The summed E-state index contributed by atoms with van der Waals surface area (Å²) in [7, 11) is 2.96. The highest BCUT2D eigenvalue weighted by Gasteiger charge is 2.46. The lowest BCUT2D eigenvalue weighted by Gasteiger charge is -2.45. The first-order chi connectivity index (χ1) is 26.3. The summed E-state index contributed by atoms with van der Waals surface area (Å²) in [5.74, 6) is -0.120. The molecule has 0 unspecified atom stereocenters. The Labute approximate surface area is 322 Å². The van der Waals surface area contributed by atoms with E-state index in [1.54, 1.807) is 18.9 Å². The molecule has 3 aromatic carbocycles. The largest absolute Gasteiger partial charge is 0.496 e. The van der Waals surface area contributed by atoms with E-state index in [-0.39, 0.29) is 31.1 Å². The van der Waals surface area contributed by atoms with Gasteiger partial charge in [0.05, 0.1) is 24.7 Å². The molecule has 3 aliphatic rings. The zero-order valence-electron chi connectivity index (χ0n) is 30.9. The number of carbonyl (C=O) groups excluding carboxylic acids is 1. The molecule has 0 spiro atoms. The van der Waals surface area contributed by atoms with E-state index in [2.05, 4.69) is 10.3 Å². The van der Waals surface area contributed by atoms with Crippen LogP contribution in [-0.2, 0) is 35.3 Å². The lowest BCUT2D eigenvalue weighted by Crippen LogP contribution is -2.58. The average molecular weight is 778 g/mol. The first kappa shape index (κ1) is 38.6. The maximum absolute atomic E-state index is 14.5. The topological polar surface area (TPSA) is 110 Å². The number of carbonyl (C=O) groups is 2. The normalized spacial score (nSPS) is 19.2. The monoisotopic (exact) mass is 777 g/mol. The molecule has 0 radical (unpaired) electrons. The predicted octanol–water partition coefficient (Wildman–Crippen LogP) is 8.54. The van der Waals surface area contributed by atoms with E-state index in [0.29, 0.717) is 54.7 Å². The van der Waals surface area contributed by atoms with Crippen LogP contribution in [0.25, 0.3) is 22.3 Å². The fraction of sp³-hybridized carbons (Fsp3) is 0.405. The zero-order chi connectivity index (χ0) is 39.1. The van der Waals surface area contributed by atoms with Crippen LogP contribution in [0.1, 0.15) is 66.5 Å². The number of aliphatic carboxylic acids is 1. The van der Waals surface area contributed by atoms with Gasteiger partial charge >= 0.3 is 12.1 Å². The second-order valence-electron chi connectivity index (χ2n) is 15.0. The average Bonchev–Trinajstić information content (AvgIpc) is 3.76. The maximum Gasteiger partial charge on any atom is 0.421 e. The molecule has 13 heteroatoms. The minimum atomic E-state index is -4.76. The molecule has 7 rings (SSSR count). The number of aromatic nitrogens is 1. The molecule has 1 aromatic heterocycles. The van der Waals surface area contributed by atoms with Crippen molar-refractivity contribution in [2.45, 2.75) is 64.4 Å². The summed E-state index contributed by atoms with van der Waals surface area (Å²) < 4.78 is 60.8. The van der Waals surface area contributed by atoms with Gasteiger partial charge in [0.15, 0.2) is 0 Å². The molecule has 1 saturated carbocycles. The molecular weight excluding hydrogens is 735 g/mol. The third-order valence-corrected chi connectivity index (χ3v) is 11.4. The fourth-order valence-corrected chi connectivity index (χ4v) is 8.49. The molecule has 1 saturated heterocycles. The molecule has 1 aliphatic heterocycles. The quantitative estimate of drug-likeness (QED) is 0.138. The van der Waals surface area contributed by atoms with Crippen molar-refractivity contribution >= 4 is 23.4 Å². The van der Waals surface area contributed by atoms with Crippen LogP contribution < -0.4 is 19.5 Å². The molecule has 0 amide bonds. The minimum absolute atomic E-state index is 0.00909. The number of halogens is 4. The Balaban J connectivity index is 1.12. The van der Waals surface area contributed by atoms with Crippen LogP contribution >= 0.6 is 11.6 Å². The summed E-state index contributed by atoms with van der Waals surface area (Å²) in [5.41, 5.74) is 4.24. The lowest BCUT2D eigenvalue weighted by atomic mass is 9.82. The number of nitrogens with one attached hydrogen (secondary N) is 1. The second-order valence-corrected chi connectivity index (χ2v) is 15.4. The van der Waals surface area contributed by atoms with Crippen molar-refractivity contribution < 1.29 is 42.1 Å². The van der Waals surface area contributed by atoms with E-state index in [4.69, 9.17) is 25.8 Å². The smallest absolute Gasteiger partial charge is 0.421 e. The van der Waals surface area contributed by atoms with Gasteiger partial charge in [0, 0.05) is 61.3 Å². The number of ketones is 1. The fourth-order valence-electron chi connectivity index (χ4n) is 8.16. The number of hydrogen-bond acceptors (Lipinski definition) is 8. The number of methoxy groups -OCH3 is 2. The number of likely N-dealkylation sites (tertiary alicyclic amines) is 1. The molecule has 9 nitrogen and oxygen atoms in total. The Morgan fingerprint density at radius 3 is 2.42 bits per heavy atom. The Hall–Kier alpha value is -4.65. The number of carboxylic acid groups (broad SMARTS) is 1. The van der Waals surface area contributed by atoms with Crippen LogP contribution in [0.3, 0.4) is 0 Å². The van der Waals surface area contributed by atoms with Crippen molar-refractivity contribution in [2.75, 3.05) is 33.9 Å². The molecule has 2 N–H and O–H groups in total. The van der Waals surface area contributed by atoms with Crippen LogP contribution in [-0.4, -0.2) is 60.6 Å². The number of rotatable bonds is 13. The summed E-state index contributed by atoms with van der Waals surface area (Å²) in [6, 6.07) is 18.4. The van der Waals surface area contributed by atoms with Gasteiger partial charge in [-0.25, -0.2) is 0 Å². The Morgan fingerprint density at radius 1 is 0.982 bits per heavy atom. The van der Waals surface area contributed by atoms with Gasteiger partial charge in [-0.2, -0.15) is 18.2 Å². The third-order valence-electron chi connectivity index (χ3n) is 11.0. The van der Waals surface area contributed by atoms with Gasteiger partial charge in [0.1, 0.15) is 23.2 Å². The van der Waals surface area contributed by atoms with Gasteiger partial charge < -0.3 is 24.6 Å². The standard InChI is InChI=1S/C42H43ClF3N3O6/c1-41(40(51)52)22-49(23-41)21-27-17-34(42(44,45)46)39(48-38(27)54-3)55-35-15-14-31-30(7-5-8-32(31)35)33-9-4-6-29(37(33)43)25-11-12-26(36(18-25)53-2)20-47-19-24-10-13-28(50)16-24/h4-9,11-12,17-18,24,35,47H,10,13-16,19-23H2,1-3H3,(H,51,52)/t24-,35+/m1/s1. The van der Waals surface area contributed by atoms with E-state index in [9.17, 15) is 27.9 Å². The van der Waals surface area contributed by atoms with Gasteiger partial charge in [-0.1, -0.05) is 60.1 Å².